The van der Waals surface area contributed by atoms with E-state index in [2.05, 4.69) is 10.5 Å². The van der Waals surface area contributed by atoms with Crippen LogP contribution in [0.4, 0.5) is 0 Å². The Bertz CT molecular complexity index is 1130. The molecule has 0 aliphatic heterocycles. The van der Waals surface area contributed by atoms with Gasteiger partial charge in [0.15, 0.2) is 15.6 Å². The zero-order valence-electron chi connectivity index (χ0n) is 15.8. The third-order valence-corrected chi connectivity index (χ3v) is 5.60. The molecule has 1 N–H and O–H groups in total. The van der Waals surface area contributed by atoms with E-state index in [1.807, 2.05) is 43.3 Å². The number of nitrogens with one attached hydrogen (secondary N) is 1. The standard InChI is InChI=1S/C22H20N2O4S/c1-17(14-18-8-4-2-5-9-18)15-23-24-22(25)21-13-12-19(28-21)16-29(26,27)20-10-6-3-7-11-20/h2-15H,16H2,1H3,(H,24,25)/b17-14+,23-15-. The summed E-state index contributed by atoms with van der Waals surface area (Å²) in [6, 6.07) is 20.7. The molecule has 0 aliphatic carbocycles. The Morgan fingerprint density at radius 2 is 1.66 bits per heavy atom. The predicted octanol–water partition coefficient (Wildman–Crippen LogP) is 4.07. The highest BCUT2D eigenvalue weighted by Crippen LogP contribution is 2.18. The van der Waals surface area contributed by atoms with Gasteiger partial charge in [-0.1, -0.05) is 54.6 Å². The second-order valence-electron chi connectivity index (χ2n) is 6.34. The van der Waals surface area contributed by atoms with Crippen molar-refractivity contribution in [2.24, 2.45) is 5.10 Å². The summed E-state index contributed by atoms with van der Waals surface area (Å²) >= 11 is 0. The van der Waals surface area contributed by atoms with E-state index in [4.69, 9.17) is 4.42 Å². The average Bonchev–Trinajstić information content (AvgIpc) is 3.17. The van der Waals surface area contributed by atoms with Gasteiger partial charge in [0, 0.05) is 0 Å². The van der Waals surface area contributed by atoms with E-state index in [1.54, 1.807) is 18.2 Å². The highest BCUT2D eigenvalue weighted by atomic mass is 32.2. The minimum atomic E-state index is -3.55. The number of carbonyl (C=O) groups excluding carboxylic acids is 1. The van der Waals surface area contributed by atoms with Gasteiger partial charge in [0.25, 0.3) is 0 Å². The van der Waals surface area contributed by atoms with E-state index in [0.29, 0.717) is 0 Å². The summed E-state index contributed by atoms with van der Waals surface area (Å²) in [6.07, 6.45) is 3.45. The van der Waals surface area contributed by atoms with Crippen LogP contribution in [0.5, 0.6) is 0 Å². The largest absolute Gasteiger partial charge is 0.455 e. The number of nitrogens with zero attached hydrogens (tertiary/aromatic N) is 1. The topological polar surface area (TPSA) is 88.7 Å². The van der Waals surface area contributed by atoms with Crippen LogP contribution in [0.2, 0.25) is 0 Å². The summed E-state index contributed by atoms with van der Waals surface area (Å²) in [4.78, 5) is 12.3. The highest BCUT2D eigenvalue weighted by Gasteiger charge is 2.19. The molecule has 0 radical (unpaired) electrons. The van der Waals surface area contributed by atoms with Crippen molar-refractivity contribution in [2.75, 3.05) is 0 Å². The summed E-state index contributed by atoms with van der Waals surface area (Å²) in [5, 5.41) is 3.90. The molecule has 0 bridgehead atoms. The minimum Gasteiger partial charge on any atom is -0.455 e. The molecule has 29 heavy (non-hydrogen) atoms. The highest BCUT2D eigenvalue weighted by molar-refractivity contribution is 7.90. The summed E-state index contributed by atoms with van der Waals surface area (Å²) in [5.41, 5.74) is 4.25. The lowest BCUT2D eigenvalue weighted by atomic mass is 10.1. The lowest BCUT2D eigenvalue weighted by Crippen LogP contribution is -2.16. The third kappa shape index (κ3) is 5.76. The molecule has 0 spiro atoms. The Morgan fingerprint density at radius 3 is 2.34 bits per heavy atom. The van der Waals surface area contributed by atoms with Gasteiger partial charge in [0.1, 0.15) is 11.5 Å². The van der Waals surface area contributed by atoms with E-state index in [-0.39, 0.29) is 22.2 Å². The van der Waals surface area contributed by atoms with Gasteiger partial charge in [-0.05, 0) is 42.3 Å². The Labute approximate surface area is 169 Å². The molecule has 1 amide bonds. The summed E-state index contributed by atoms with van der Waals surface area (Å²) in [7, 11) is -3.55. The fraction of sp³-hybridized carbons (Fsp3) is 0.0909. The zero-order chi connectivity index (χ0) is 20.7. The van der Waals surface area contributed by atoms with E-state index in [9.17, 15) is 13.2 Å². The molecule has 0 atom stereocenters. The van der Waals surface area contributed by atoms with Crippen LogP contribution < -0.4 is 5.43 Å². The molecule has 0 saturated heterocycles. The van der Waals surface area contributed by atoms with Crippen LogP contribution in [-0.2, 0) is 15.6 Å². The second kappa shape index (κ2) is 9.16. The van der Waals surface area contributed by atoms with Crippen molar-refractivity contribution in [3.05, 3.63) is 95.5 Å². The first-order chi connectivity index (χ1) is 13.9. The van der Waals surface area contributed by atoms with Crippen molar-refractivity contribution in [1.29, 1.82) is 0 Å². The van der Waals surface area contributed by atoms with Crippen LogP contribution in [0.3, 0.4) is 0 Å². The molecule has 1 heterocycles. The van der Waals surface area contributed by atoms with E-state index in [1.165, 1.54) is 30.5 Å². The Morgan fingerprint density at radius 1 is 1.00 bits per heavy atom. The molecular formula is C22H20N2O4S. The van der Waals surface area contributed by atoms with Crippen molar-refractivity contribution in [1.82, 2.24) is 5.43 Å². The van der Waals surface area contributed by atoms with Crippen molar-refractivity contribution in [3.63, 3.8) is 0 Å². The van der Waals surface area contributed by atoms with Crippen LogP contribution in [-0.4, -0.2) is 20.5 Å². The van der Waals surface area contributed by atoms with Crippen LogP contribution in [0.25, 0.3) is 6.08 Å². The summed E-state index contributed by atoms with van der Waals surface area (Å²) < 4.78 is 30.2. The van der Waals surface area contributed by atoms with Gasteiger partial charge < -0.3 is 4.42 Å². The Balaban J connectivity index is 1.60. The van der Waals surface area contributed by atoms with Crippen LogP contribution >= 0.6 is 0 Å². The van der Waals surface area contributed by atoms with Gasteiger partial charge in [-0.2, -0.15) is 5.10 Å². The van der Waals surface area contributed by atoms with E-state index < -0.39 is 15.7 Å². The number of furan rings is 1. The molecule has 7 heteroatoms. The molecule has 3 rings (SSSR count). The van der Waals surface area contributed by atoms with E-state index >= 15 is 0 Å². The SMILES string of the molecule is CC(/C=N\NC(=O)c1ccc(CS(=O)(=O)c2ccccc2)o1)=C\c1ccccc1. The second-order valence-corrected chi connectivity index (χ2v) is 8.33. The lowest BCUT2D eigenvalue weighted by molar-refractivity contribution is 0.0926. The van der Waals surface area contributed by atoms with Crippen molar-refractivity contribution in [3.8, 4) is 0 Å². The monoisotopic (exact) mass is 408 g/mol. The summed E-state index contributed by atoms with van der Waals surface area (Å²) in [5.74, 6) is -0.711. The number of sulfone groups is 1. The van der Waals surface area contributed by atoms with Crippen LogP contribution in [0, 0.1) is 0 Å². The maximum Gasteiger partial charge on any atom is 0.307 e. The molecule has 2 aromatic carbocycles. The Kier molecular flexibility index (Phi) is 6.41. The number of hydrazone groups is 1. The normalized spacial score (nSPS) is 12.2. The molecule has 0 saturated carbocycles. The third-order valence-electron chi connectivity index (χ3n) is 3.95. The molecule has 0 aliphatic rings. The van der Waals surface area contributed by atoms with Crippen LogP contribution in [0.1, 0.15) is 28.8 Å². The summed E-state index contributed by atoms with van der Waals surface area (Å²) in [6.45, 7) is 1.86. The number of allylic oxidation sites excluding steroid dienone is 1. The first-order valence-electron chi connectivity index (χ1n) is 8.87. The lowest BCUT2D eigenvalue weighted by Gasteiger charge is -2.02. The zero-order valence-corrected chi connectivity index (χ0v) is 16.6. The molecule has 148 valence electrons. The van der Waals surface area contributed by atoms with Gasteiger partial charge in [0.05, 0.1) is 11.1 Å². The number of amides is 1. The maximum atomic E-state index is 12.4. The fourth-order valence-corrected chi connectivity index (χ4v) is 3.84. The Hall–Kier alpha value is -3.45. The van der Waals surface area contributed by atoms with Gasteiger partial charge in [-0.3, -0.25) is 4.79 Å². The van der Waals surface area contributed by atoms with E-state index in [0.717, 1.165) is 11.1 Å². The molecule has 0 fully saturated rings. The van der Waals surface area contributed by atoms with Gasteiger partial charge >= 0.3 is 5.91 Å². The number of carbonyl (C=O) groups is 1. The van der Waals surface area contributed by atoms with Gasteiger partial charge in [-0.15, -0.1) is 0 Å². The van der Waals surface area contributed by atoms with Gasteiger partial charge in [-0.25, -0.2) is 13.8 Å². The first kappa shape index (κ1) is 20.3. The number of hydrogen-bond donors (Lipinski definition) is 1. The number of benzene rings is 2. The van der Waals surface area contributed by atoms with Crippen molar-refractivity contribution >= 4 is 28.0 Å². The molecular weight excluding hydrogens is 388 g/mol. The molecule has 3 aromatic rings. The van der Waals surface area contributed by atoms with Crippen molar-refractivity contribution in [2.45, 2.75) is 17.6 Å². The number of hydrogen-bond acceptors (Lipinski definition) is 5. The van der Waals surface area contributed by atoms with Crippen molar-refractivity contribution < 1.29 is 17.6 Å². The smallest absolute Gasteiger partial charge is 0.307 e. The minimum absolute atomic E-state index is 0.00916. The number of rotatable bonds is 7. The molecule has 1 aromatic heterocycles. The quantitative estimate of drug-likeness (QED) is 0.471. The first-order valence-corrected chi connectivity index (χ1v) is 10.5. The fourth-order valence-electron chi connectivity index (χ4n) is 2.57. The van der Waals surface area contributed by atoms with Crippen LogP contribution in [0.15, 0.2) is 92.8 Å². The predicted molar refractivity (Wildman–Crippen MR) is 112 cm³/mol. The maximum absolute atomic E-state index is 12.4. The molecule has 6 nitrogen and oxygen atoms in total. The van der Waals surface area contributed by atoms with Gasteiger partial charge in [0.2, 0.25) is 0 Å². The average molecular weight is 408 g/mol. The molecule has 0 unspecified atom stereocenters.